The third-order valence-corrected chi connectivity index (χ3v) is 1.52. The summed E-state index contributed by atoms with van der Waals surface area (Å²) in [6.45, 7) is 4.71. The molecule has 0 amide bonds. The van der Waals surface area contributed by atoms with E-state index in [4.69, 9.17) is 4.74 Å². The van der Waals surface area contributed by atoms with Gasteiger partial charge in [0.25, 0.3) is 0 Å². The molecule has 0 aliphatic rings. The first-order valence-electron chi connectivity index (χ1n) is 3.85. The zero-order chi connectivity index (χ0) is 8.27. The van der Waals surface area contributed by atoms with Gasteiger partial charge >= 0.3 is 0 Å². The van der Waals surface area contributed by atoms with Crippen LogP contribution in [-0.2, 0) is 13.5 Å². The van der Waals surface area contributed by atoms with Crippen LogP contribution in [0.25, 0.3) is 0 Å². The van der Waals surface area contributed by atoms with E-state index in [-0.39, 0.29) is 0 Å². The Morgan fingerprint density at radius 2 is 2.27 bits per heavy atom. The molecule has 11 heavy (non-hydrogen) atoms. The van der Waals surface area contributed by atoms with Gasteiger partial charge in [0.2, 0.25) is 5.88 Å². The highest BCUT2D eigenvalue weighted by molar-refractivity contribution is 5.22. The van der Waals surface area contributed by atoms with E-state index in [0.29, 0.717) is 6.61 Å². The summed E-state index contributed by atoms with van der Waals surface area (Å²) in [6, 6.07) is 0. The maximum absolute atomic E-state index is 5.37. The zero-order valence-electron chi connectivity index (χ0n) is 7.22. The first kappa shape index (κ1) is 8.11. The van der Waals surface area contributed by atoms with E-state index in [1.807, 2.05) is 14.0 Å². The average Bonchev–Trinajstić information content (AvgIpc) is 2.34. The van der Waals surface area contributed by atoms with Crippen LogP contribution >= 0.6 is 0 Å². The minimum atomic E-state index is 0.681. The van der Waals surface area contributed by atoms with Crippen LogP contribution in [-0.4, -0.2) is 16.4 Å². The largest absolute Gasteiger partial charge is 0.478 e. The Hall–Kier alpha value is -0.990. The SMILES string of the molecule is CCOc1c(CC)[c]nn1C. The van der Waals surface area contributed by atoms with E-state index in [9.17, 15) is 0 Å². The van der Waals surface area contributed by atoms with Crippen molar-refractivity contribution in [2.45, 2.75) is 20.3 Å². The number of hydrogen-bond donors (Lipinski definition) is 0. The second kappa shape index (κ2) is 3.42. The highest BCUT2D eigenvalue weighted by Crippen LogP contribution is 2.16. The predicted octanol–water partition coefficient (Wildman–Crippen LogP) is 1.18. The molecule has 1 rings (SSSR count). The van der Waals surface area contributed by atoms with Gasteiger partial charge < -0.3 is 4.74 Å². The van der Waals surface area contributed by atoms with Gasteiger partial charge in [-0.3, -0.25) is 0 Å². The van der Waals surface area contributed by atoms with E-state index in [1.54, 1.807) is 4.68 Å². The molecular weight excluding hydrogens is 140 g/mol. The summed E-state index contributed by atoms with van der Waals surface area (Å²) in [4.78, 5) is 0. The van der Waals surface area contributed by atoms with Crippen molar-refractivity contribution in [2.75, 3.05) is 6.61 Å². The highest BCUT2D eigenvalue weighted by Gasteiger charge is 2.06. The molecule has 0 saturated heterocycles. The van der Waals surface area contributed by atoms with Gasteiger partial charge in [-0.25, -0.2) is 4.68 Å². The molecular formula is C8H13N2O. The molecule has 0 atom stereocenters. The summed E-state index contributed by atoms with van der Waals surface area (Å²) in [7, 11) is 1.86. The number of hydrogen-bond acceptors (Lipinski definition) is 2. The van der Waals surface area contributed by atoms with Crippen molar-refractivity contribution in [2.24, 2.45) is 7.05 Å². The van der Waals surface area contributed by atoms with Gasteiger partial charge in [0.15, 0.2) is 0 Å². The van der Waals surface area contributed by atoms with Gasteiger partial charge in [-0.1, -0.05) is 6.92 Å². The number of aryl methyl sites for hydroxylation is 2. The molecule has 0 bridgehead atoms. The molecule has 0 aliphatic heterocycles. The Morgan fingerprint density at radius 3 is 2.82 bits per heavy atom. The van der Waals surface area contributed by atoms with Crippen molar-refractivity contribution in [3.05, 3.63) is 11.8 Å². The van der Waals surface area contributed by atoms with E-state index in [2.05, 4.69) is 18.2 Å². The molecule has 1 aromatic heterocycles. The Morgan fingerprint density at radius 1 is 1.55 bits per heavy atom. The predicted molar refractivity (Wildman–Crippen MR) is 42.6 cm³/mol. The highest BCUT2D eigenvalue weighted by atomic mass is 16.5. The molecule has 0 spiro atoms. The first-order valence-corrected chi connectivity index (χ1v) is 3.85. The fourth-order valence-electron chi connectivity index (χ4n) is 0.971. The van der Waals surface area contributed by atoms with Crippen LogP contribution in [0.5, 0.6) is 5.88 Å². The Bertz CT molecular complexity index is 230. The van der Waals surface area contributed by atoms with Gasteiger partial charge in [0.05, 0.1) is 6.61 Å². The van der Waals surface area contributed by atoms with Gasteiger partial charge in [-0.15, -0.1) is 0 Å². The van der Waals surface area contributed by atoms with Crippen LogP contribution in [0.1, 0.15) is 19.4 Å². The minimum absolute atomic E-state index is 0.681. The van der Waals surface area contributed by atoms with Crippen LogP contribution in [0, 0.1) is 6.20 Å². The summed E-state index contributed by atoms with van der Waals surface area (Å²) >= 11 is 0. The van der Waals surface area contributed by atoms with Gasteiger partial charge in [0, 0.05) is 12.6 Å². The van der Waals surface area contributed by atoms with Crippen molar-refractivity contribution >= 4 is 0 Å². The third kappa shape index (κ3) is 1.53. The van der Waals surface area contributed by atoms with Crippen LogP contribution < -0.4 is 4.74 Å². The fourth-order valence-corrected chi connectivity index (χ4v) is 0.971. The lowest BCUT2D eigenvalue weighted by Crippen LogP contribution is -2.00. The lowest BCUT2D eigenvalue weighted by molar-refractivity contribution is 0.306. The molecule has 0 unspecified atom stereocenters. The van der Waals surface area contributed by atoms with Crippen molar-refractivity contribution in [1.82, 2.24) is 9.78 Å². The Labute approximate surface area is 67.0 Å². The van der Waals surface area contributed by atoms with E-state index in [0.717, 1.165) is 17.9 Å². The second-order valence-electron chi connectivity index (χ2n) is 2.31. The zero-order valence-corrected chi connectivity index (χ0v) is 7.22. The summed E-state index contributed by atoms with van der Waals surface area (Å²) in [5.41, 5.74) is 1.05. The lowest BCUT2D eigenvalue weighted by atomic mass is 10.3. The van der Waals surface area contributed by atoms with Gasteiger partial charge in [-0.05, 0) is 13.3 Å². The molecule has 0 saturated carbocycles. The van der Waals surface area contributed by atoms with Crippen molar-refractivity contribution in [3.8, 4) is 5.88 Å². The molecule has 1 aromatic rings. The molecule has 0 fully saturated rings. The molecule has 1 heterocycles. The molecule has 0 aromatic carbocycles. The summed E-state index contributed by atoms with van der Waals surface area (Å²) in [5, 5.41) is 3.97. The smallest absolute Gasteiger partial charge is 0.215 e. The van der Waals surface area contributed by atoms with Crippen LogP contribution in [0.4, 0.5) is 0 Å². The summed E-state index contributed by atoms with van der Waals surface area (Å²) in [5.74, 6) is 0.843. The molecule has 61 valence electrons. The molecule has 1 radical (unpaired) electrons. The number of rotatable bonds is 3. The Balaban J connectivity index is 2.88. The molecule has 0 N–H and O–H groups in total. The van der Waals surface area contributed by atoms with Gasteiger partial charge in [-0.2, -0.15) is 5.10 Å². The molecule has 0 aliphatic carbocycles. The topological polar surface area (TPSA) is 27.1 Å². The van der Waals surface area contributed by atoms with Crippen molar-refractivity contribution < 1.29 is 4.74 Å². The van der Waals surface area contributed by atoms with Gasteiger partial charge in [0.1, 0.15) is 6.20 Å². The second-order valence-corrected chi connectivity index (χ2v) is 2.31. The van der Waals surface area contributed by atoms with Crippen molar-refractivity contribution in [1.29, 1.82) is 0 Å². The third-order valence-electron chi connectivity index (χ3n) is 1.52. The average molecular weight is 153 g/mol. The van der Waals surface area contributed by atoms with Crippen LogP contribution in [0.15, 0.2) is 0 Å². The van der Waals surface area contributed by atoms with Crippen LogP contribution in [0.3, 0.4) is 0 Å². The van der Waals surface area contributed by atoms with E-state index >= 15 is 0 Å². The van der Waals surface area contributed by atoms with E-state index < -0.39 is 0 Å². The maximum atomic E-state index is 5.37. The van der Waals surface area contributed by atoms with E-state index in [1.165, 1.54) is 0 Å². The number of aromatic nitrogens is 2. The Kier molecular flexibility index (Phi) is 2.52. The minimum Gasteiger partial charge on any atom is -0.478 e. The standard InChI is InChI=1S/C8H13N2O/c1-4-7-6-9-10(3)8(7)11-5-2/h4-5H2,1-3H3. The normalized spacial score (nSPS) is 10.1. The maximum Gasteiger partial charge on any atom is 0.215 e. The monoisotopic (exact) mass is 153 g/mol. The molecule has 3 nitrogen and oxygen atoms in total. The number of ether oxygens (including phenoxy) is 1. The summed E-state index contributed by atoms with van der Waals surface area (Å²) in [6.07, 6.45) is 3.82. The number of nitrogens with zero attached hydrogens (tertiary/aromatic N) is 2. The van der Waals surface area contributed by atoms with Crippen LogP contribution in [0.2, 0.25) is 0 Å². The first-order chi connectivity index (χ1) is 5.29. The quantitative estimate of drug-likeness (QED) is 0.652. The summed E-state index contributed by atoms with van der Waals surface area (Å²) < 4.78 is 7.08. The molecule has 3 heteroatoms. The van der Waals surface area contributed by atoms with Crippen molar-refractivity contribution in [3.63, 3.8) is 0 Å². The fraction of sp³-hybridized carbons (Fsp3) is 0.625. The lowest BCUT2D eigenvalue weighted by Gasteiger charge is -2.03.